The lowest BCUT2D eigenvalue weighted by molar-refractivity contribution is -0.137. The number of anilines is 1. The predicted octanol–water partition coefficient (Wildman–Crippen LogP) is 3.10. The number of sulfone groups is 1. The molecule has 3 rings (SSSR count). The molecule has 1 aliphatic heterocycles. The summed E-state index contributed by atoms with van der Waals surface area (Å²) >= 11 is 0. The first-order valence-corrected chi connectivity index (χ1v) is 11.1. The second kappa shape index (κ2) is 8.10. The number of benzene rings is 2. The summed E-state index contributed by atoms with van der Waals surface area (Å²) in [5.74, 6) is -1.53. The molecule has 160 valence electrons. The molecule has 30 heavy (non-hydrogen) atoms. The van der Waals surface area contributed by atoms with E-state index in [0.717, 1.165) is 24.5 Å². The van der Waals surface area contributed by atoms with Gasteiger partial charge in [-0.2, -0.15) is 13.2 Å². The molecule has 0 spiro atoms. The van der Waals surface area contributed by atoms with Crippen LogP contribution >= 0.6 is 0 Å². The van der Waals surface area contributed by atoms with E-state index in [-0.39, 0.29) is 24.4 Å². The number of rotatable bonds is 6. The Hall–Kier alpha value is -2.88. The van der Waals surface area contributed by atoms with Crippen molar-refractivity contribution in [3.05, 3.63) is 65.2 Å². The summed E-state index contributed by atoms with van der Waals surface area (Å²) < 4.78 is 62.0. The number of fused-ring (bicyclic) bond motifs is 1. The van der Waals surface area contributed by atoms with Crippen molar-refractivity contribution in [1.82, 2.24) is 4.90 Å². The van der Waals surface area contributed by atoms with Crippen molar-refractivity contribution < 1.29 is 31.2 Å². The molecule has 0 unspecified atom stereocenters. The van der Waals surface area contributed by atoms with E-state index >= 15 is 0 Å². The number of alkyl halides is 3. The van der Waals surface area contributed by atoms with Gasteiger partial charge in [-0.15, -0.1) is 0 Å². The van der Waals surface area contributed by atoms with E-state index < -0.39 is 39.4 Å². The van der Waals surface area contributed by atoms with Crippen LogP contribution in [0.2, 0.25) is 0 Å². The third-order valence-electron chi connectivity index (χ3n) is 4.75. The molecule has 6 nitrogen and oxygen atoms in total. The SMILES string of the molecule is CS(=O)(=O)CC[C@@H](C(=O)Nc1cccc(C(F)(F)F)c1)N1Cc2ccccc2C1=O. The highest BCUT2D eigenvalue weighted by Crippen LogP contribution is 2.31. The molecular formula is C20H19F3N2O4S. The number of carbonyl (C=O) groups excluding carboxylic acids is 2. The number of carbonyl (C=O) groups is 2. The summed E-state index contributed by atoms with van der Waals surface area (Å²) in [6.07, 6.45) is -3.75. The fourth-order valence-corrected chi connectivity index (χ4v) is 3.93. The number of halogens is 3. The predicted molar refractivity (Wildman–Crippen MR) is 105 cm³/mol. The highest BCUT2D eigenvalue weighted by Gasteiger charge is 2.37. The molecule has 0 saturated carbocycles. The summed E-state index contributed by atoms with van der Waals surface area (Å²) in [6.45, 7) is 0.111. The van der Waals surface area contributed by atoms with Gasteiger partial charge in [0.2, 0.25) is 5.91 Å². The fourth-order valence-electron chi connectivity index (χ4n) is 3.28. The Balaban J connectivity index is 1.86. The zero-order valence-corrected chi connectivity index (χ0v) is 16.8. The average Bonchev–Trinajstić information content (AvgIpc) is 2.97. The lowest BCUT2D eigenvalue weighted by Gasteiger charge is -2.27. The minimum atomic E-state index is -4.58. The second-order valence-corrected chi connectivity index (χ2v) is 9.35. The molecule has 2 amide bonds. The van der Waals surface area contributed by atoms with Gasteiger partial charge < -0.3 is 10.2 Å². The van der Waals surface area contributed by atoms with Gasteiger partial charge in [0.15, 0.2) is 0 Å². The Morgan fingerprint density at radius 1 is 1.17 bits per heavy atom. The standard InChI is InChI=1S/C20H19F3N2O4S/c1-30(28,29)10-9-17(25-12-13-5-2-3-8-16(13)19(25)27)18(26)24-15-7-4-6-14(11-15)20(21,22)23/h2-8,11,17H,9-10,12H2,1H3,(H,24,26)/t17-/m0/s1. The zero-order chi connectivity index (χ0) is 22.1. The number of hydrogen-bond donors (Lipinski definition) is 1. The van der Waals surface area contributed by atoms with Crippen molar-refractivity contribution in [2.75, 3.05) is 17.3 Å². The third-order valence-corrected chi connectivity index (χ3v) is 5.72. The molecule has 0 aliphatic carbocycles. The Labute approximate surface area is 171 Å². The van der Waals surface area contributed by atoms with Gasteiger partial charge in [-0.05, 0) is 36.2 Å². The van der Waals surface area contributed by atoms with E-state index in [1.54, 1.807) is 24.3 Å². The lowest BCUT2D eigenvalue weighted by Crippen LogP contribution is -2.45. The van der Waals surface area contributed by atoms with Crippen LogP contribution in [-0.4, -0.2) is 43.2 Å². The van der Waals surface area contributed by atoms with Gasteiger partial charge in [-0.3, -0.25) is 9.59 Å². The molecule has 0 fully saturated rings. The van der Waals surface area contributed by atoms with Gasteiger partial charge in [0, 0.05) is 24.1 Å². The van der Waals surface area contributed by atoms with Gasteiger partial charge in [0.05, 0.1) is 11.3 Å². The van der Waals surface area contributed by atoms with Crippen LogP contribution in [0.4, 0.5) is 18.9 Å². The van der Waals surface area contributed by atoms with E-state index in [1.165, 1.54) is 11.0 Å². The lowest BCUT2D eigenvalue weighted by atomic mass is 10.1. The molecule has 0 radical (unpaired) electrons. The van der Waals surface area contributed by atoms with Crippen molar-refractivity contribution in [1.29, 1.82) is 0 Å². The van der Waals surface area contributed by atoms with Crippen LogP contribution in [0.25, 0.3) is 0 Å². The van der Waals surface area contributed by atoms with Crippen LogP contribution in [0, 0.1) is 0 Å². The summed E-state index contributed by atoms with van der Waals surface area (Å²) in [5.41, 5.74) is 0.0772. The van der Waals surface area contributed by atoms with Crippen LogP contribution in [0.15, 0.2) is 48.5 Å². The van der Waals surface area contributed by atoms with Gasteiger partial charge >= 0.3 is 6.18 Å². The zero-order valence-electron chi connectivity index (χ0n) is 15.9. The molecule has 2 aromatic carbocycles. The molecule has 1 heterocycles. The van der Waals surface area contributed by atoms with E-state index in [4.69, 9.17) is 0 Å². The molecule has 1 aliphatic rings. The quantitative estimate of drug-likeness (QED) is 0.748. The van der Waals surface area contributed by atoms with Gasteiger partial charge in [0.1, 0.15) is 15.9 Å². The molecule has 1 atom stereocenters. The molecule has 0 saturated heterocycles. The molecule has 1 N–H and O–H groups in total. The van der Waals surface area contributed by atoms with E-state index in [0.29, 0.717) is 11.1 Å². The van der Waals surface area contributed by atoms with Crippen molar-refractivity contribution in [2.45, 2.75) is 25.2 Å². The summed E-state index contributed by atoms with van der Waals surface area (Å²) in [4.78, 5) is 26.9. The Morgan fingerprint density at radius 3 is 2.50 bits per heavy atom. The fraction of sp³-hybridized carbons (Fsp3) is 0.300. The van der Waals surface area contributed by atoms with E-state index in [1.807, 2.05) is 0 Å². The summed E-state index contributed by atoms with van der Waals surface area (Å²) in [5, 5.41) is 2.39. The maximum absolute atomic E-state index is 12.9. The Bertz CT molecular complexity index is 1080. The molecule has 0 bridgehead atoms. The topological polar surface area (TPSA) is 83.6 Å². The van der Waals surface area contributed by atoms with Crippen LogP contribution in [-0.2, 0) is 27.4 Å². The highest BCUT2D eigenvalue weighted by molar-refractivity contribution is 7.90. The maximum Gasteiger partial charge on any atom is 0.416 e. The van der Waals surface area contributed by atoms with Gasteiger partial charge in [-0.1, -0.05) is 24.3 Å². The largest absolute Gasteiger partial charge is 0.416 e. The van der Waals surface area contributed by atoms with Crippen molar-refractivity contribution in [3.8, 4) is 0 Å². The van der Waals surface area contributed by atoms with Crippen LogP contribution in [0.1, 0.15) is 27.9 Å². The van der Waals surface area contributed by atoms with Gasteiger partial charge in [-0.25, -0.2) is 8.42 Å². The number of amides is 2. The molecule has 0 aromatic heterocycles. The van der Waals surface area contributed by atoms with Crippen molar-refractivity contribution >= 4 is 27.3 Å². The first kappa shape index (κ1) is 21.8. The van der Waals surface area contributed by atoms with Gasteiger partial charge in [0.25, 0.3) is 5.91 Å². The summed E-state index contributed by atoms with van der Waals surface area (Å²) in [6, 6.07) is 9.69. The minimum Gasteiger partial charge on any atom is -0.324 e. The number of hydrogen-bond acceptors (Lipinski definition) is 4. The normalized spacial score (nSPS) is 15.1. The van der Waals surface area contributed by atoms with Crippen molar-refractivity contribution in [2.24, 2.45) is 0 Å². The molecular weight excluding hydrogens is 421 g/mol. The highest BCUT2D eigenvalue weighted by atomic mass is 32.2. The molecule has 2 aromatic rings. The second-order valence-electron chi connectivity index (χ2n) is 7.09. The van der Waals surface area contributed by atoms with E-state index in [2.05, 4.69) is 5.32 Å². The smallest absolute Gasteiger partial charge is 0.324 e. The van der Waals surface area contributed by atoms with E-state index in [9.17, 15) is 31.2 Å². The minimum absolute atomic E-state index is 0.0941. The average molecular weight is 440 g/mol. The van der Waals surface area contributed by atoms with Crippen LogP contribution in [0.5, 0.6) is 0 Å². The van der Waals surface area contributed by atoms with Crippen LogP contribution in [0.3, 0.4) is 0 Å². The third kappa shape index (κ3) is 4.99. The number of nitrogens with zero attached hydrogens (tertiary/aromatic N) is 1. The Kier molecular flexibility index (Phi) is 5.89. The first-order chi connectivity index (χ1) is 14.0. The Morgan fingerprint density at radius 2 is 1.87 bits per heavy atom. The maximum atomic E-state index is 12.9. The monoisotopic (exact) mass is 440 g/mol. The number of nitrogens with one attached hydrogen (secondary N) is 1. The van der Waals surface area contributed by atoms with Crippen molar-refractivity contribution in [3.63, 3.8) is 0 Å². The summed E-state index contributed by atoms with van der Waals surface area (Å²) in [7, 11) is -3.43. The van der Waals surface area contributed by atoms with Crippen LogP contribution < -0.4 is 5.32 Å². The molecule has 10 heteroatoms. The first-order valence-electron chi connectivity index (χ1n) is 9.00.